The third-order valence-corrected chi connectivity index (χ3v) is 2.04. The molecule has 1 unspecified atom stereocenters. The van der Waals surface area contributed by atoms with Crippen molar-refractivity contribution < 1.29 is 19.0 Å². The number of benzene rings is 1. The van der Waals surface area contributed by atoms with Crippen LogP contribution in [0.4, 0.5) is 4.39 Å². The third kappa shape index (κ3) is 2.76. The Morgan fingerprint density at radius 1 is 1.60 bits per heavy atom. The van der Waals surface area contributed by atoms with Crippen LogP contribution in [0, 0.1) is 12.7 Å². The van der Waals surface area contributed by atoms with E-state index >= 15 is 0 Å². The largest absolute Gasteiger partial charge is 0.464 e. The molecule has 1 aromatic rings. The second-order valence-corrected chi connectivity index (χ2v) is 3.16. The fourth-order valence-corrected chi connectivity index (χ4v) is 1.29. The zero-order valence-corrected chi connectivity index (χ0v) is 8.66. The molecule has 0 aliphatic rings. The predicted molar refractivity (Wildman–Crippen MR) is 52.7 cm³/mol. The summed E-state index contributed by atoms with van der Waals surface area (Å²) in [6, 6.07) is 3.84. The average molecular weight is 212 g/mol. The van der Waals surface area contributed by atoms with Gasteiger partial charge in [-0.15, -0.1) is 0 Å². The highest BCUT2D eigenvalue weighted by molar-refractivity contribution is 5.76. The van der Waals surface area contributed by atoms with Crippen LogP contribution in [0.3, 0.4) is 0 Å². The molecule has 0 aliphatic heterocycles. The Balaban J connectivity index is 2.91. The topological polar surface area (TPSA) is 46.5 Å². The molecule has 1 aromatic carbocycles. The van der Waals surface area contributed by atoms with Crippen molar-refractivity contribution in [3.63, 3.8) is 0 Å². The van der Waals surface area contributed by atoms with E-state index < -0.39 is 17.9 Å². The SMILES string of the molecule is CCOC(=O)C(O)c1ccc(F)cc1C. The highest BCUT2D eigenvalue weighted by Crippen LogP contribution is 2.19. The van der Waals surface area contributed by atoms with Gasteiger partial charge < -0.3 is 9.84 Å². The molecule has 0 bridgehead atoms. The normalized spacial score (nSPS) is 12.3. The summed E-state index contributed by atoms with van der Waals surface area (Å²) in [5.41, 5.74) is 0.894. The standard InChI is InChI=1S/C11H13FO3/c1-3-15-11(14)10(13)9-5-4-8(12)6-7(9)2/h4-6,10,13H,3H2,1-2H3. The molecule has 1 rings (SSSR count). The number of esters is 1. The summed E-state index contributed by atoms with van der Waals surface area (Å²) in [5.74, 6) is -1.11. The van der Waals surface area contributed by atoms with Crippen molar-refractivity contribution >= 4 is 5.97 Å². The van der Waals surface area contributed by atoms with Gasteiger partial charge in [-0.05, 0) is 37.1 Å². The van der Waals surface area contributed by atoms with Crippen LogP contribution in [0.2, 0.25) is 0 Å². The van der Waals surface area contributed by atoms with E-state index in [4.69, 9.17) is 0 Å². The fourth-order valence-electron chi connectivity index (χ4n) is 1.29. The molecule has 0 amide bonds. The van der Waals surface area contributed by atoms with E-state index in [1.807, 2.05) is 0 Å². The monoisotopic (exact) mass is 212 g/mol. The number of aryl methyl sites for hydroxylation is 1. The maximum Gasteiger partial charge on any atom is 0.339 e. The zero-order chi connectivity index (χ0) is 11.4. The van der Waals surface area contributed by atoms with Gasteiger partial charge >= 0.3 is 5.97 Å². The van der Waals surface area contributed by atoms with Gasteiger partial charge in [0.1, 0.15) is 5.82 Å². The van der Waals surface area contributed by atoms with Crippen molar-refractivity contribution in [1.82, 2.24) is 0 Å². The van der Waals surface area contributed by atoms with Crippen LogP contribution in [0.5, 0.6) is 0 Å². The molecule has 0 saturated heterocycles. The molecular formula is C11H13FO3. The molecule has 0 aliphatic carbocycles. The third-order valence-electron chi connectivity index (χ3n) is 2.04. The molecule has 0 aromatic heterocycles. The first-order valence-corrected chi connectivity index (χ1v) is 4.67. The predicted octanol–water partition coefficient (Wildman–Crippen LogP) is 1.73. The Bertz CT molecular complexity index is 363. The minimum absolute atomic E-state index is 0.204. The number of carbonyl (C=O) groups is 1. The molecule has 4 heteroatoms. The van der Waals surface area contributed by atoms with Crippen molar-refractivity contribution in [3.05, 3.63) is 35.1 Å². The number of aliphatic hydroxyl groups excluding tert-OH is 1. The fraction of sp³-hybridized carbons (Fsp3) is 0.364. The second kappa shape index (κ2) is 4.89. The number of hydrogen-bond donors (Lipinski definition) is 1. The van der Waals surface area contributed by atoms with Crippen LogP contribution in [-0.2, 0) is 9.53 Å². The van der Waals surface area contributed by atoms with Crippen LogP contribution in [0.25, 0.3) is 0 Å². The van der Waals surface area contributed by atoms with E-state index in [0.717, 1.165) is 0 Å². The molecule has 0 heterocycles. The highest BCUT2D eigenvalue weighted by Gasteiger charge is 2.20. The van der Waals surface area contributed by atoms with Crippen molar-refractivity contribution in [2.75, 3.05) is 6.61 Å². The summed E-state index contributed by atoms with van der Waals surface area (Å²) < 4.78 is 17.4. The molecule has 0 saturated carbocycles. The Labute approximate surface area is 87.5 Å². The van der Waals surface area contributed by atoms with Crippen LogP contribution < -0.4 is 0 Å². The van der Waals surface area contributed by atoms with E-state index in [9.17, 15) is 14.3 Å². The number of aliphatic hydroxyl groups is 1. The van der Waals surface area contributed by atoms with Crippen molar-refractivity contribution in [2.45, 2.75) is 20.0 Å². The zero-order valence-electron chi connectivity index (χ0n) is 8.66. The van der Waals surface area contributed by atoms with Gasteiger partial charge in [-0.1, -0.05) is 6.07 Å². The minimum Gasteiger partial charge on any atom is -0.464 e. The van der Waals surface area contributed by atoms with E-state index in [2.05, 4.69) is 4.74 Å². The Morgan fingerprint density at radius 2 is 2.27 bits per heavy atom. The number of halogens is 1. The molecule has 0 spiro atoms. The highest BCUT2D eigenvalue weighted by atomic mass is 19.1. The molecule has 0 fully saturated rings. The molecule has 0 radical (unpaired) electrons. The Morgan fingerprint density at radius 3 is 2.80 bits per heavy atom. The van der Waals surface area contributed by atoms with Gasteiger partial charge in [-0.3, -0.25) is 0 Å². The second-order valence-electron chi connectivity index (χ2n) is 3.16. The molecule has 3 nitrogen and oxygen atoms in total. The van der Waals surface area contributed by atoms with E-state index in [-0.39, 0.29) is 6.61 Å². The van der Waals surface area contributed by atoms with Gasteiger partial charge in [-0.2, -0.15) is 0 Å². The summed E-state index contributed by atoms with van der Waals surface area (Å²) in [7, 11) is 0. The smallest absolute Gasteiger partial charge is 0.339 e. The van der Waals surface area contributed by atoms with Crippen LogP contribution in [0.15, 0.2) is 18.2 Å². The number of hydrogen-bond acceptors (Lipinski definition) is 3. The number of rotatable bonds is 3. The number of ether oxygens (including phenoxy) is 1. The first-order chi connectivity index (χ1) is 7.06. The van der Waals surface area contributed by atoms with Crippen molar-refractivity contribution in [1.29, 1.82) is 0 Å². The van der Waals surface area contributed by atoms with E-state index in [1.165, 1.54) is 18.2 Å². The van der Waals surface area contributed by atoms with E-state index in [1.54, 1.807) is 13.8 Å². The van der Waals surface area contributed by atoms with Crippen LogP contribution in [-0.4, -0.2) is 17.7 Å². The lowest BCUT2D eigenvalue weighted by atomic mass is 10.0. The molecule has 82 valence electrons. The Kier molecular flexibility index (Phi) is 3.80. The summed E-state index contributed by atoms with van der Waals surface area (Å²) in [6.07, 6.45) is -1.34. The van der Waals surface area contributed by atoms with Gasteiger partial charge in [0.15, 0.2) is 6.10 Å². The maximum absolute atomic E-state index is 12.8. The molecule has 15 heavy (non-hydrogen) atoms. The van der Waals surface area contributed by atoms with Gasteiger partial charge in [0.05, 0.1) is 6.61 Å². The summed E-state index contributed by atoms with van der Waals surface area (Å²) >= 11 is 0. The van der Waals surface area contributed by atoms with Gasteiger partial charge in [0, 0.05) is 0 Å². The quantitative estimate of drug-likeness (QED) is 0.776. The number of carbonyl (C=O) groups excluding carboxylic acids is 1. The van der Waals surface area contributed by atoms with E-state index in [0.29, 0.717) is 11.1 Å². The lowest BCUT2D eigenvalue weighted by Crippen LogP contribution is -2.16. The van der Waals surface area contributed by atoms with Gasteiger partial charge in [-0.25, -0.2) is 9.18 Å². The van der Waals surface area contributed by atoms with Crippen molar-refractivity contribution in [2.24, 2.45) is 0 Å². The minimum atomic E-state index is -1.34. The first-order valence-electron chi connectivity index (χ1n) is 4.67. The summed E-state index contributed by atoms with van der Waals surface area (Å²) in [6.45, 7) is 3.49. The molecule has 1 atom stereocenters. The van der Waals surface area contributed by atoms with Crippen molar-refractivity contribution in [3.8, 4) is 0 Å². The molecule has 1 N–H and O–H groups in total. The maximum atomic E-state index is 12.8. The van der Waals surface area contributed by atoms with Crippen LogP contribution >= 0.6 is 0 Å². The first kappa shape index (κ1) is 11.7. The van der Waals surface area contributed by atoms with Gasteiger partial charge in [0.2, 0.25) is 0 Å². The molecular weight excluding hydrogens is 199 g/mol. The lowest BCUT2D eigenvalue weighted by Gasteiger charge is -2.12. The lowest BCUT2D eigenvalue weighted by molar-refractivity contribution is -0.153. The Hall–Kier alpha value is -1.42. The average Bonchev–Trinajstić information content (AvgIpc) is 2.17. The van der Waals surface area contributed by atoms with Gasteiger partial charge in [0.25, 0.3) is 0 Å². The van der Waals surface area contributed by atoms with Crippen LogP contribution in [0.1, 0.15) is 24.2 Å². The summed E-state index contributed by atoms with van der Waals surface area (Å²) in [5, 5.41) is 9.59. The summed E-state index contributed by atoms with van der Waals surface area (Å²) in [4.78, 5) is 11.2.